The first-order valence-corrected chi connectivity index (χ1v) is 9.59. The molecule has 1 aromatic carbocycles. The molecule has 2 heterocycles. The number of hydrogen-bond donors (Lipinski definition) is 2. The fourth-order valence-electron chi connectivity index (χ4n) is 3.23. The lowest BCUT2D eigenvalue weighted by Gasteiger charge is -2.13. The second-order valence-corrected chi connectivity index (χ2v) is 7.29. The molecule has 1 aliphatic rings. The molecule has 1 fully saturated rings. The number of carbonyl (C=O) groups is 1. The summed E-state index contributed by atoms with van der Waals surface area (Å²) in [4.78, 5) is 20.8. The Hall–Kier alpha value is -3.37. The van der Waals surface area contributed by atoms with E-state index in [2.05, 4.69) is 27.1 Å². The smallest absolute Gasteiger partial charge is 0.251 e. The average molecular weight is 389 g/mol. The molecule has 4 rings (SSSR count). The van der Waals surface area contributed by atoms with Gasteiger partial charge in [-0.1, -0.05) is 17.9 Å². The summed E-state index contributed by atoms with van der Waals surface area (Å²) in [6.45, 7) is 2.58. The van der Waals surface area contributed by atoms with Crippen LogP contribution in [0.25, 0.3) is 11.0 Å². The monoisotopic (exact) mass is 389 g/mol. The highest BCUT2D eigenvalue weighted by molar-refractivity contribution is 5.95. The zero-order chi connectivity index (χ0) is 20.4. The first-order chi connectivity index (χ1) is 14.1. The summed E-state index contributed by atoms with van der Waals surface area (Å²) in [6, 6.07) is 7.72. The normalized spacial score (nSPS) is 14.3. The van der Waals surface area contributed by atoms with E-state index in [0.29, 0.717) is 24.0 Å². The third-order valence-electron chi connectivity index (χ3n) is 4.90. The molecule has 1 unspecified atom stereocenters. The van der Waals surface area contributed by atoms with Crippen molar-refractivity contribution in [2.45, 2.75) is 31.8 Å². The molecule has 0 aliphatic heterocycles. The van der Waals surface area contributed by atoms with E-state index in [1.54, 1.807) is 19.2 Å². The molecule has 1 amide bonds. The van der Waals surface area contributed by atoms with Gasteiger partial charge in [-0.2, -0.15) is 0 Å². The predicted octanol–water partition coefficient (Wildman–Crippen LogP) is 2.51. The van der Waals surface area contributed by atoms with Gasteiger partial charge in [-0.25, -0.2) is 9.97 Å². The molecule has 0 spiro atoms. The number of rotatable bonds is 5. The highest BCUT2D eigenvalue weighted by atomic mass is 16.5. The molecular formula is C22H23N5O2. The Kier molecular flexibility index (Phi) is 5.19. The quantitative estimate of drug-likeness (QED) is 0.654. The number of benzene rings is 1. The maximum atomic E-state index is 12.3. The van der Waals surface area contributed by atoms with Gasteiger partial charge in [0.1, 0.15) is 17.8 Å². The molecule has 2 aromatic heterocycles. The minimum absolute atomic E-state index is 0.0567. The predicted molar refractivity (Wildman–Crippen MR) is 111 cm³/mol. The SMILES string of the molecule is COCC(C)n1cc(C#Cc2cccc(C(=O)NC3CC3)c2)c2c(N)ncnc21. The fraction of sp³-hybridized carbons (Fsp3) is 0.318. The lowest BCUT2D eigenvalue weighted by molar-refractivity contribution is 0.0951. The van der Waals surface area contributed by atoms with Gasteiger partial charge in [-0.15, -0.1) is 0 Å². The van der Waals surface area contributed by atoms with Crippen LogP contribution >= 0.6 is 0 Å². The topological polar surface area (TPSA) is 95.1 Å². The number of nitrogens with zero attached hydrogens (tertiary/aromatic N) is 3. The molecule has 1 atom stereocenters. The van der Waals surface area contributed by atoms with E-state index in [-0.39, 0.29) is 11.9 Å². The number of methoxy groups -OCH3 is 1. The lowest BCUT2D eigenvalue weighted by atomic mass is 10.1. The van der Waals surface area contributed by atoms with Gasteiger partial charge in [0.05, 0.1) is 23.6 Å². The lowest BCUT2D eigenvalue weighted by Crippen LogP contribution is -2.25. The minimum atomic E-state index is -0.0567. The summed E-state index contributed by atoms with van der Waals surface area (Å²) >= 11 is 0. The number of nitrogens with one attached hydrogen (secondary N) is 1. The highest BCUT2D eigenvalue weighted by Crippen LogP contribution is 2.26. The number of anilines is 1. The van der Waals surface area contributed by atoms with Gasteiger partial charge in [0, 0.05) is 30.5 Å². The number of hydrogen-bond acceptors (Lipinski definition) is 5. The van der Waals surface area contributed by atoms with Gasteiger partial charge < -0.3 is 20.4 Å². The summed E-state index contributed by atoms with van der Waals surface area (Å²) in [7, 11) is 1.67. The van der Waals surface area contributed by atoms with Crippen molar-refractivity contribution in [2.24, 2.45) is 0 Å². The van der Waals surface area contributed by atoms with Crippen LogP contribution in [0.1, 0.15) is 47.3 Å². The van der Waals surface area contributed by atoms with Crippen LogP contribution in [0.2, 0.25) is 0 Å². The third-order valence-corrected chi connectivity index (χ3v) is 4.90. The molecule has 7 heteroatoms. The average Bonchev–Trinajstić information content (AvgIpc) is 3.45. The molecular weight excluding hydrogens is 366 g/mol. The Morgan fingerprint density at radius 1 is 1.38 bits per heavy atom. The number of nitrogens with two attached hydrogens (primary N) is 1. The van der Waals surface area contributed by atoms with E-state index in [1.165, 1.54) is 6.33 Å². The first kappa shape index (κ1) is 19.0. The molecule has 0 saturated heterocycles. The molecule has 7 nitrogen and oxygen atoms in total. The fourth-order valence-corrected chi connectivity index (χ4v) is 3.23. The highest BCUT2D eigenvalue weighted by Gasteiger charge is 2.23. The summed E-state index contributed by atoms with van der Waals surface area (Å²) in [5, 5.41) is 3.72. The van der Waals surface area contributed by atoms with Gasteiger partial charge in [0.15, 0.2) is 0 Å². The number of ether oxygens (including phenoxy) is 1. The van der Waals surface area contributed by atoms with Crippen LogP contribution < -0.4 is 11.1 Å². The molecule has 0 bridgehead atoms. The Morgan fingerprint density at radius 2 is 2.21 bits per heavy atom. The van der Waals surface area contributed by atoms with Gasteiger partial charge in [0.25, 0.3) is 5.91 Å². The van der Waals surface area contributed by atoms with E-state index < -0.39 is 0 Å². The van der Waals surface area contributed by atoms with Crippen molar-refractivity contribution in [3.05, 3.63) is 53.5 Å². The van der Waals surface area contributed by atoms with Crippen molar-refractivity contribution in [3.8, 4) is 11.8 Å². The van der Waals surface area contributed by atoms with E-state index in [4.69, 9.17) is 10.5 Å². The maximum absolute atomic E-state index is 12.3. The summed E-state index contributed by atoms with van der Waals surface area (Å²) in [5.74, 6) is 6.65. The second kappa shape index (κ2) is 7.94. The molecule has 0 radical (unpaired) electrons. The first-order valence-electron chi connectivity index (χ1n) is 9.59. The van der Waals surface area contributed by atoms with Crippen molar-refractivity contribution < 1.29 is 9.53 Å². The third kappa shape index (κ3) is 4.08. The van der Waals surface area contributed by atoms with Crippen LogP contribution in [0.15, 0.2) is 36.8 Å². The Bertz CT molecular complexity index is 1120. The van der Waals surface area contributed by atoms with E-state index >= 15 is 0 Å². The molecule has 3 N–H and O–H groups in total. The number of fused-ring (bicyclic) bond motifs is 1. The van der Waals surface area contributed by atoms with Crippen molar-refractivity contribution >= 4 is 22.8 Å². The van der Waals surface area contributed by atoms with Gasteiger partial charge >= 0.3 is 0 Å². The molecule has 3 aromatic rings. The Morgan fingerprint density at radius 3 is 2.97 bits per heavy atom. The van der Waals surface area contributed by atoms with Crippen LogP contribution in [0.3, 0.4) is 0 Å². The molecule has 1 saturated carbocycles. The van der Waals surface area contributed by atoms with Crippen LogP contribution in [0.5, 0.6) is 0 Å². The van der Waals surface area contributed by atoms with E-state index in [0.717, 1.165) is 35.0 Å². The largest absolute Gasteiger partial charge is 0.383 e. The zero-order valence-corrected chi connectivity index (χ0v) is 16.5. The van der Waals surface area contributed by atoms with Gasteiger partial charge in [-0.05, 0) is 38.0 Å². The van der Waals surface area contributed by atoms with Crippen molar-refractivity contribution in [3.63, 3.8) is 0 Å². The Labute approximate surface area is 169 Å². The van der Waals surface area contributed by atoms with Crippen LogP contribution in [0, 0.1) is 11.8 Å². The van der Waals surface area contributed by atoms with Crippen molar-refractivity contribution in [1.29, 1.82) is 0 Å². The van der Waals surface area contributed by atoms with E-state index in [9.17, 15) is 4.79 Å². The number of aromatic nitrogens is 3. The van der Waals surface area contributed by atoms with Crippen molar-refractivity contribution in [1.82, 2.24) is 19.9 Å². The number of nitrogen functional groups attached to an aromatic ring is 1. The van der Waals surface area contributed by atoms with Gasteiger partial charge in [-0.3, -0.25) is 4.79 Å². The molecule has 148 valence electrons. The van der Waals surface area contributed by atoms with Gasteiger partial charge in [0.2, 0.25) is 0 Å². The summed E-state index contributed by atoms with van der Waals surface area (Å²) in [6.07, 6.45) is 5.49. The van der Waals surface area contributed by atoms with Crippen LogP contribution in [0.4, 0.5) is 5.82 Å². The standard InChI is InChI=1S/C22H23N5O2/c1-14(12-29-2)27-11-17(19-20(23)24-13-25-21(19)27)7-6-15-4-3-5-16(10-15)22(28)26-18-8-9-18/h3-5,10-11,13-14,18H,8-9,12H2,1-2H3,(H,26,28)(H2,23,24,25). The summed E-state index contributed by atoms with van der Waals surface area (Å²) < 4.78 is 7.27. The minimum Gasteiger partial charge on any atom is -0.383 e. The van der Waals surface area contributed by atoms with Crippen molar-refractivity contribution in [2.75, 3.05) is 19.5 Å². The van der Waals surface area contributed by atoms with Crippen LogP contribution in [-0.4, -0.2) is 40.2 Å². The maximum Gasteiger partial charge on any atom is 0.251 e. The molecule has 29 heavy (non-hydrogen) atoms. The number of carbonyl (C=O) groups excluding carboxylic acids is 1. The summed E-state index contributed by atoms with van der Waals surface area (Å²) in [5.41, 5.74) is 8.96. The zero-order valence-electron chi connectivity index (χ0n) is 16.5. The van der Waals surface area contributed by atoms with E-state index in [1.807, 2.05) is 29.8 Å². The second-order valence-electron chi connectivity index (χ2n) is 7.29. The Balaban J connectivity index is 1.68. The molecule has 1 aliphatic carbocycles. The number of amides is 1. The van der Waals surface area contributed by atoms with Crippen LogP contribution in [-0.2, 0) is 4.74 Å².